The fourth-order valence-corrected chi connectivity index (χ4v) is 4.09. The Hall–Kier alpha value is -1.18. The zero-order valence-corrected chi connectivity index (χ0v) is 14.5. The Labute approximate surface area is 132 Å². The molecule has 0 aliphatic heterocycles. The summed E-state index contributed by atoms with van der Waals surface area (Å²) in [6.45, 7) is 5.14. The predicted molar refractivity (Wildman–Crippen MR) is 83.5 cm³/mol. The Morgan fingerprint density at radius 3 is 2.38 bits per heavy atom. The number of halogens is 1. The molecule has 0 spiro atoms. The van der Waals surface area contributed by atoms with E-state index in [0.717, 1.165) is 10.0 Å². The molecule has 0 amide bonds. The summed E-state index contributed by atoms with van der Waals surface area (Å²) in [6, 6.07) is 7.28. The highest BCUT2D eigenvalue weighted by Crippen LogP contribution is 2.24. The number of hydrogen-bond acceptors (Lipinski definition) is 4. The van der Waals surface area contributed by atoms with Crippen LogP contribution in [0.3, 0.4) is 0 Å². The van der Waals surface area contributed by atoms with E-state index in [2.05, 4.69) is 25.8 Å². The van der Waals surface area contributed by atoms with Crippen molar-refractivity contribution in [2.24, 2.45) is 0 Å². The molecule has 114 valence electrons. The number of aryl methyl sites for hydroxylation is 2. The van der Waals surface area contributed by atoms with E-state index in [1.54, 1.807) is 13.8 Å². The van der Waals surface area contributed by atoms with Gasteiger partial charge in [0.2, 0.25) is 10.0 Å². The minimum atomic E-state index is -3.67. The van der Waals surface area contributed by atoms with Gasteiger partial charge in [-0.1, -0.05) is 40.1 Å². The first-order chi connectivity index (χ1) is 9.85. The average Bonchev–Trinajstić information content (AvgIpc) is 2.77. The van der Waals surface area contributed by atoms with Crippen LogP contribution in [0.2, 0.25) is 0 Å². The number of nitrogens with one attached hydrogen (secondary N) is 1. The molecule has 2 rings (SSSR count). The van der Waals surface area contributed by atoms with Crippen LogP contribution >= 0.6 is 15.9 Å². The lowest BCUT2D eigenvalue weighted by molar-refractivity contribution is 0.390. The fourth-order valence-electron chi connectivity index (χ4n) is 2.19. The summed E-state index contributed by atoms with van der Waals surface area (Å²) in [5, 5.41) is 3.70. The average molecular weight is 373 g/mol. The van der Waals surface area contributed by atoms with E-state index < -0.39 is 10.0 Å². The van der Waals surface area contributed by atoms with E-state index in [-0.39, 0.29) is 10.9 Å². The van der Waals surface area contributed by atoms with Crippen LogP contribution < -0.4 is 4.72 Å². The molecule has 0 aliphatic carbocycles. The van der Waals surface area contributed by atoms with Crippen LogP contribution in [0, 0.1) is 13.8 Å². The van der Waals surface area contributed by atoms with Crippen LogP contribution in [-0.4, -0.2) is 13.6 Å². The van der Waals surface area contributed by atoms with Crippen LogP contribution in [0.1, 0.15) is 36.4 Å². The first-order valence-corrected chi connectivity index (χ1v) is 8.83. The second-order valence-electron chi connectivity index (χ2n) is 4.79. The Morgan fingerprint density at radius 1 is 1.29 bits per heavy atom. The van der Waals surface area contributed by atoms with Crippen molar-refractivity contribution < 1.29 is 12.9 Å². The minimum absolute atomic E-state index is 0.123. The zero-order valence-electron chi connectivity index (χ0n) is 12.1. The molecule has 1 N–H and O–H groups in total. The van der Waals surface area contributed by atoms with Crippen molar-refractivity contribution >= 4 is 26.0 Å². The molecule has 1 heterocycles. The smallest absolute Gasteiger partial charge is 0.246 e. The maximum Gasteiger partial charge on any atom is 0.246 e. The highest BCUT2D eigenvalue weighted by atomic mass is 79.9. The number of benzene rings is 1. The molecule has 1 aromatic carbocycles. The summed E-state index contributed by atoms with van der Waals surface area (Å²) in [5.74, 6) is 0.297. The van der Waals surface area contributed by atoms with Crippen molar-refractivity contribution in [3.63, 3.8) is 0 Å². The Bertz CT molecular complexity index is 704. The monoisotopic (exact) mass is 372 g/mol. The summed E-state index contributed by atoms with van der Waals surface area (Å²) >= 11 is 3.37. The van der Waals surface area contributed by atoms with Gasteiger partial charge in [-0.05, 0) is 38.0 Å². The van der Waals surface area contributed by atoms with Gasteiger partial charge in [-0.3, -0.25) is 0 Å². The van der Waals surface area contributed by atoms with Gasteiger partial charge >= 0.3 is 0 Å². The molecule has 0 bridgehead atoms. The largest absolute Gasteiger partial charge is 0.360 e. The lowest BCUT2D eigenvalue weighted by Gasteiger charge is -2.17. The predicted octanol–water partition coefficient (Wildman–Crippen LogP) is 3.48. The molecule has 5 nitrogen and oxygen atoms in total. The highest BCUT2D eigenvalue weighted by Gasteiger charge is 2.27. The summed E-state index contributed by atoms with van der Waals surface area (Å²) in [7, 11) is -3.67. The van der Waals surface area contributed by atoms with E-state index in [0.29, 0.717) is 17.9 Å². The van der Waals surface area contributed by atoms with Crippen molar-refractivity contribution in [2.75, 3.05) is 0 Å². The molecule has 0 saturated heterocycles. The molecule has 7 heteroatoms. The van der Waals surface area contributed by atoms with Crippen LogP contribution in [0.5, 0.6) is 0 Å². The molecule has 1 unspecified atom stereocenters. The Morgan fingerprint density at radius 2 is 1.90 bits per heavy atom. The van der Waals surface area contributed by atoms with Gasteiger partial charge in [-0.25, -0.2) is 13.1 Å². The van der Waals surface area contributed by atoms with Crippen LogP contribution in [0.25, 0.3) is 0 Å². The number of sulfonamides is 1. The van der Waals surface area contributed by atoms with Gasteiger partial charge in [0.15, 0.2) is 5.76 Å². The molecular weight excluding hydrogens is 356 g/mol. The third-order valence-corrected chi connectivity index (χ3v) is 5.46. The number of rotatable bonds is 5. The minimum Gasteiger partial charge on any atom is -0.360 e. The molecule has 1 atom stereocenters. The first kappa shape index (κ1) is 16.2. The van der Waals surface area contributed by atoms with E-state index >= 15 is 0 Å². The number of hydrogen-bond donors (Lipinski definition) is 1. The second kappa shape index (κ2) is 6.29. The van der Waals surface area contributed by atoms with Crippen LogP contribution in [-0.2, 0) is 10.0 Å². The van der Waals surface area contributed by atoms with E-state index in [1.807, 2.05) is 31.2 Å². The first-order valence-electron chi connectivity index (χ1n) is 6.55. The van der Waals surface area contributed by atoms with Crippen molar-refractivity contribution in [3.05, 3.63) is 45.8 Å². The highest BCUT2D eigenvalue weighted by molar-refractivity contribution is 9.10. The summed E-state index contributed by atoms with van der Waals surface area (Å²) in [5.41, 5.74) is 1.28. The maximum atomic E-state index is 12.5. The van der Waals surface area contributed by atoms with E-state index in [4.69, 9.17) is 4.52 Å². The van der Waals surface area contributed by atoms with E-state index in [9.17, 15) is 8.42 Å². The second-order valence-corrected chi connectivity index (χ2v) is 7.35. The molecule has 0 fully saturated rings. The third kappa shape index (κ3) is 3.53. The van der Waals surface area contributed by atoms with Gasteiger partial charge in [0.25, 0.3) is 0 Å². The van der Waals surface area contributed by atoms with Crippen LogP contribution in [0.15, 0.2) is 38.2 Å². The standard InChI is InChI=1S/C14H17BrN2O3S/c1-4-13(11-5-7-12(15)8-6-11)17-21(18,19)14-9(2)16-20-10(14)3/h5-8,13,17H,4H2,1-3H3. The zero-order chi connectivity index (χ0) is 15.6. The molecule has 1 aromatic heterocycles. The SMILES string of the molecule is CCC(NS(=O)(=O)c1c(C)noc1C)c1ccc(Br)cc1. The summed E-state index contributed by atoms with van der Waals surface area (Å²) in [6.07, 6.45) is 0.643. The quantitative estimate of drug-likeness (QED) is 0.871. The molecule has 0 radical (unpaired) electrons. The molecular formula is C14H17BrN2O3S. The van der Waals surface area contributed by atoms with Crippen molar-refractivity contribution in [2.45, 2.75) is 38.1 Å². The molecule has 0 aliphatic rings. The van der Waals surface area contributed by atoms with Gasteiger partial charge in [-0.2, -0.15) is 0 Å². The van der Waals surface area contributed by atoms with Crippen molar-refractivity contribution in [1.29, 1.82) is 0 Å². The molecule has 2 aromatic rings. The van der Waals surface area contributed by atoms with Gasteiger partial charge in [0.05, 0.1) is 0 Å². The summed E-state index contributed by atoms with van der Waals surface area (Å²) in [4.78, 5) is 0.123. The Balaban J connectivity index is 2.32. The Kier molecular flexibility index (Phi) is 4.85. The van der Waals surface area contributed by atoms with Gasteiger partial charge in [0, 0.05) is 10.5 Å². The van der Waals surface area contributed by atoms with Gasteiger partial charge in [0.1, 0.15) is 10.6 Å². The molecule has 0 saturated carbocycles. The van der Waals surface area contributed by atoms with Gasteiger partial charge in [-0.15, -0.1) is 0 Å². The van der Waals surface area contributed by atoms with Crippen molar-refractivity contribution in [3.8, 4) is 0 Å². The third-order valence-electron chi connectivity index (χ3n) is 3.21. The lowest BCUT2D eigenvalue weighted by atomic mass is 10.1. The summed E-state index contributed by atoms with van der Waals surface area (Å²) < 4.78 is 33.7. The lowest BCUT2D eigenvalue weighted by Crippen LogP contribution is -2.29. The normalized spacial score (nSPS) is 13.3. The van der Waals surface area contributed by atoms with Gasteiger partial charge < -0.3 is 4.52 Å². The maximum absolute atomic E-state index is 12.5. The van der Waals surface area contributed by atoms with E-state index in [1.165, 1.54) is 0 Å². The topological polar surface area (TPSA) is 72.2 Å². The van der Waals surface area contributed by atoms with Crippen LogP contribution in [0.4, 0.5) is 0 Å². The fraction of sp³-hybridized carbons (Fsp3) is 0.357. The number of nitrogens with zero attached hydrogens (tertiary/aromatic N) is 1. The molecule has 21 heavy (non-hydrogen) atoms. The van der Waals surface area contributed by atoms with Crippen molar-refractivity contribution in [1.82, 2.24) is 9.88 Å². The number of aromatic nitrogens is 1.